The Kier molecular flexibility index (Phi) is 4.09. The molecule has 0 amide bonds. The molecule has 0 saturated heterocycles. The molecule has 0 aromatic heterocycles. The molecule has 21 heavy (non-hydrogen) atoms. The number of nitrogen functional groups attached to an aromatic ring is 1. The predicted molar refractivity (Wildman–Crippen MR) is 83.2 cm³/mol. The van der Waals surface area contributed by atoms with Crippen LogP contribution in [0.5, 0.6) is 11.5 Å². The van der Waals surface area contributed by atoms with E-state index in [0.29, 0.717) is 17.4 Å². The fourth-order valence-electron chi connectivity index (χ4n) is 2.97. The van der Waals surface area contributed by atoms with Crippen LogP contribution in [0, 0.1) is 5.82 Å². The zero-order valence-corrected chi connectivity index (χ0v) is 12.0. The quantitative estimate of drug-likeness (QED) is 0.782. The molecule has 0 radical (unpaired) electrons. The van der Waals surface area contributed by atoms with Crippen LogP contribution in [-0.2, 0) is 0 Å². The largest absolute Gasteiger partial charge is 0.454 e. The number of anilines is 1. The van der Waals surface area contributed by atoms with Crippen LogP contribution in [0.3, 0.4) is 0 Å². The first-order valence-electron chi connectivity index (χ1n) is 7.55. The average molecular weight is 285 g/mol. The van der Waals surface area contributed by atoms with Gasteiger partial charge in [-0.2, -0.15) is 0 Å². The summed E-state index contributed by atoms with van der Waals surface area (Å²) in [5, 5.41) is 0. The number of halogens is 1. The molecule has 0 aliphatic heterocycles. The molecule has 0 atom stereocenters. The molecule has 0 heterocycles. The lowest BCUT2D eigenvalue weighted by Gasteiger charge is -2.22. The molecule has 1 aliphatic rings. The maximum Gasteiger partial charge on any atom is 0.167 e. The molecule has 0 bridgehead atoms. The van der Waals surface area contributed by atoms with Crippen molar-refractivity contribution in [3.8, 4) is 11.5 Å². The van der Waals surface area contributed by atoms with E-state index >= 15 is 0 Å². The maximum absolute atomic E-state index is 13.7. The Morgan fingerprint density at radius 3 is 2.33 bits per heavy atom. The van der Waals surface area contributed by atoms with Gasteiger partial charge in [0.15, 0.2) is 11.6 Å². The van der Waals surface area contributed by atoms with Crippen molar-refractivity contribution >= 4 is 5.69 Å². The molecule has 110 valence electrons. The third kappa shape index (κ3) is 3.35. The van der Waals surface area contributed by atoms with Gasteiger partial charge in [0.05, 0.1) is 0 Å². The van der Waals surface area contributed by atoms with Crippen molar-refractivity contribution in [1.29, 1.82) is 0 Å². The molecule has 1 fully saturated rings. The average Bonchev–Trinajstić information content (AvgIpc) is 2.52. The minimum atomic E-state index is -0.439. The van der Waals surface area contributed by atoms with Gasteiger partial charge in [-0.1, -0.05) is 31.4 Å². The van der Waals surface area contributed by atoms with E-state index in [1.165, 1.54) is 43.7 Å². The summed E-state index contributed by atoms with van der Waals surface area (Å²) < 4.78 is 19.3. The molecular formula is C18H20FNO. The topological polar surface area (TPSA) is 35.2 Å². The van der Waals surface area contributed by atoms with E-state index in [9.17, 15) is 4.39 Å². The Morgan fingerprint density at radius 2 is 1.67 bits per heavy atom. The Hall–Kier alpha value is -2.03. The predicted octanol–water partition coefficient (Wildman–Crippen LogP) is 5.25. The number of ether oxygens (including phenoxy) is 1. The maximum atomic E-state index is 13.7. The van der Waals surface area contributed by atoms with Crippen LogP contribution in [0.4, 0.5) is 10.1 Å². The van der Waals surface area contributed by atoms with Crippen molar-refractivity contribution in [3.63, 3.8) is 0 Å². The van der Waals surface area contributed by atoms with Gasteiger partial charge < -0.3 is 10.5 Å². The lowest BCUT2D eigenvalue weighted by atomic mass is 9.84. The van der Waals surface area contributed by atoms with Crippen LogP contribution in [0.25, 0.3) is 0 Å². The van der Waals surface area contributed by atoms with Crippen LogP contribution >= 0.6 is 0 Å². The molecule has 2 aromatic rings. The van der Waals surface area contributed by atoms with Crippen molar-refractivity contribution in [1.82, 2.24) is 0 Å². The Bertz CT molecular complexity index is 603. The molecule has 0 unspecified atom stereocenters. The van der Waals surface area contributed by atoms with Gasteiger partial charge in [-0.25, -0.2) is 4.39 Å². The summed E-state index contributed by atoms with van der Waals surface area (Å²) in [7, 11) is 0. The first-order valence-corrected chi connectivity index (χ1v) is 7.55. The highest BCUT2D eigenvalue weighted by Gasteiger charge is 2.15. The normalized spacial score (nSPS) is 15.9. The molecular weight excluding hydrogens is 265 g/mol. The molecule has 1 aliphatic carbocycles. The number of hydrogen-bond donors (Lipinski definition) is 1. The van der Waals surface area contributed by atoms with Gasteiger partial charge in [0, 0.05) is 11.8 Å². The molecule has 3 rings (SSSR count). The van der Waals surface area contributed by atoms with E-state index in [2.05, 4.69) is 12.1 Å². The molecule has 2 N–H and O–H groups in total. The summed E-state index contributed by atoms with van der Waals surface area (Å²) in [6, 6.07) is 12.5. The van der Waals surface area contributed by atoms with Gasteiger partial charge >= 0.3 is 0 Å². The summed E-state index contributed by atoms with van der Waals surface area (Å²) >= 11 is 0. The standard InChI is InChI=1S/C18H20FNO/c19-17-12-15(20)8-11-18(17)21-16-9-6-14(7-10-16)13-4-2-1-3-5-13/h6-13H,1-5,20H2. The zero-order valence-electron chi connectivity index (χ0n) is 12.0. The van der Waals surface area contributed by atoms with Crippen LogP contribution in [0.15, 0.2) is 42.5 Å². The Balaban J connectivity index is 1.71. The van der Waals surface area contributed by atoms with Crippen molar-refractivity contribution < 1.29 is 9.13 Å². The molecule has 3 heteroatoms. The molecule has 2 aromatic carbocycles. The summed E-state index contributed by atoms with van der Waals surface area (Å²) in [4.78, 5) is 0. The number of nitrogens with two attached hydrogens (primary N) is 1. The second kappa shape index (κ2) is 6.17. The van der Waals surface area contributed by atoms with E-state index in [1.807, 2.05) is 12.1 Å². The highest BCUT2D eigenvalue weighted by atomic mass is 19.1. The first-order chi connectivity index (χ1) is 10.2. The second-order valence-electron chi connectivity index (χ2n) is 5.70. The van der Waals surface area contributed by atoms with E-state index in [4.69, 9.17) is 10.5 Å². The zero-order chi connectivity index (χ0) is 14.7. The van der Waals surface area contributed by atoms with Gasteiger partial charge in [-0.3, -0.25) is 0 Å². The number of benzene rings is 2. The van der Waals surface area contributed by atoms with Gasteiger partial charge in [0.25, 0.3) is 0 Å². The lowest BCUT2D eigenvalue weighted by molar-refractivity contribution is 0.436. The van der Waals surface area contributed by atoms with Crippen molar-refractivity contribution in [3.05, 3.63) is 53.8 Å². The van der Waals surface area contributed by atoms with E-state index in [1.54, 1.807) is 12.1 Å². The molecule has 2 nitrogen and oxygen atoms in total. The van der Waals surface area contributed by atoms with E-state index < -0.39 is 5.82 Å². The smallest absolute Gasteiger partial charge is 0.167 e. The lowest BCUT2D eigenvalue weighted by Crippen LogP contribution is -2.04. The summed E-state index contributed by atoms with van der Waals surface area (Å²) in [6.45, 7) is 0. The van der Waals surface area contributed by atoms with Gasteiger partial charge in [0.2, 0.25) is 0 Å². The highest BCUT2D eigenvalue weighted by Crippen LogP contribution is 2.34. The Morgan fingerprint density at radius 1 is 0.952 bits per heavy atom. The summed E-state index contributed by atoms with van der Waals surface area (Å²) in [6.07, 6.45) is 6.53. The monoisotopic (exact) mass is 285 g/mol. The van der Waals surface area contributed by atoms with Crippen LogP contribution in [0.1, 0.15) is 43.6 Å². The number of rotatable bonds is 3. The van der Waals surface area contributed by atoms with E-state index in [-0.39, 0.29) is 5.75 Å². The molecule has 1 saturated carbocycles. The SMILES string of the molecule is Nc1ccc(Oc2ccc(C3CCCCC3)cc2)c(F)c1. The van der Waals surface area contributed by atoms with Crippen molar-refractivity contribution in [2.75, 3.05) is 5.73 Å². The van der Waals surface area contributed by atoms with Crippen LogP contribution < -0.4 is 10.5 Å². The minimum absolute atomic E-state index is 0.203. The van der Waals surface area contributed by atoms with Crippen LogP contribution in [0.2, 0.25) is 0 Å². The van der Waals surface area contributed by atoms with Gasteiger partial charge in [-0.05, 0) is 48.6 Å². The van der Waals surface area contributed by atoms with E-state index in [0.717, 1.165) is 0 Å². The Labute approximate surface area is 124 Å². The highest BCUT2D eigenvalue weighted by molar-refractivity contribution is 5.44. The fraction of sp³-hybridized carbons (Fsp3) is 0.333. The van der Waals surface area contributed by atoms with Gasteiger partial charge in [0.1, 0.15) is 5.75 Å². The summed E-state index contributed by atoms with van der Waals surface area (Å²) in [5.41, 5.74) is 7.28. The molecule has 0 spiro atoms. The third-order valence-corrected chi connectivity index (χ3v) is 4.14. The van der Waals surface area contributed by atoms with Gasteiger partial charge in [-0.15, -0.1) is 0 Å². The first kappa shape index (κ1) is 13.9. The van der Waals surface area contributed by atoms with Crippen LogP contribution in [-0.4, -0.2) is 0 Å². The fourth-order valence-corrected chi connectivity index (χ4v) is 2.97. The second-order valence-corrected chi connectivity index (χ2v) is 5.70. The third-order valence-electron chi connectivity index (χ3n) is 4.14. The van der Waals surface area contributed by atoms with Crippen molar-refractivity contribution in [2.24, 2.45) is 0 Å². The number of hydrogen-bond acceptors (Lipinski definition) is 2. The minimum Gasteiger partial charge on any atom is -0.454 e. The summed E-state index contributed by atoms with van der Waals surface area (Å²) in [5.74, 6) is 1.08. The van der Waals surface area contributed by atoms with Crippen molar-refractivity contribution in [2.45, 2.75) is 38.0 Å².